The number of hydrogen-bond acceptors (Lipinski definition) is 2. The van der Waals surface area contributed by atoms with E-state index in [2.05, 4.69) is 5.32 Å². The fourth-order valence-corrected chi connectivity index (χ4v) is 1.75. The van der Waals surface area contributed by atoms with Gasteiger partial charge in [0.2, 0.25) is 0 Å². The van der Waals surface area contributed by atoms with Gasteiger partial charge < -0.3 is 10.1 Å². The van der Waals surface area contributed by atoms with Crippen molar-refractivity contribution < 1.29 is 17.9 Å². The number of hydrogen-bond donors (Lipinski definition) is 1. The van der Waals surface area contributed by atoms with Crippen molar-refractivity contribution in [3.05, 3.63) is 29.8 Å². The van der Waals surface area contributed by atoms with E-state index in [0.29, 0.717) is 25.3 Å². The van der Waals surface area contributed by atoms with Gasteiger partial charge in [-0.15, -0.1) is 0 Å². The molecule has 0 aliphatic carbocycles. The first-order valence-corrected chi connectivity index (χ1v) is 6.52. The van der Waals surface area contributed by atoms with E-state index in [0.717, 1.165) is 6.42 Å². The monoisotopic (exact) mass is 275 g/mol. The molecule has 108 valence electrons. The van der Waals surface area contributed by atoms with Crippen molar-refractivity contribution in [2.75, 3.05) is 13.2 Å². The molecule has 1 aromatic rings. The number of rotatable bonds is 7. The summed E-state index contributed by atoms with van der Waals surface area (Å²) < 4.78 is 44.7. The van der Waals surface area contributed by atoms with Crippen LogP contribution in [0.1, 0.15) is 38.3 Å². The molecule has 0 bridgehead atoms. The highest BCUT2D eigenvalue weighted by Crippen LogP contribution is 2.37. The van der Waals surface area contributed by atoms with E-state index in [-0.39, 0.29) is 5.56 Å². The van der Waals surface area contributed by atoms with Crippen LogP contribution in [0.25, 0.3) is 0 Å². The molecule has 2 nitrogen and oxygen atoms in total. The second kappa shape index (κ2) is 7.38. The van der Waals surface area contributed by atoms with Crippen molar-refractivity contribution >= 4 is 0 Å². The Bertz CT molecular complexity index is 379. The topological polar surface area (TPSA) is 21.3 Å². The Kier molecular flexibility index (Phi) is 6.15. The van der Waals surface area contributed by atoms with Crippen LogP contribution in [0, 0.1) is 0 Å². The number of benzene rings is 1. The van der Waals surface area contributed by atoms with Crippen molar-refractivity contribution in [3.63, 3.8) is 0 Å². The molecule has 0 spiro atoms. The average molecular weight is 275 g/mol. The van der Waals surface area contributed by atoms with E-state index < -0.39 is 12.2 Å². The number of alkyl halides is 3. The van der Waals surface area contributed by atoms with Crippen molar-refractivity contribution in [1.29, 1.82) is 0 Å². The quantitative estimate of drug-likeness (QED) is 0.809. The standard InChI is InChI=1S/C14H20F3NO/c1-3-9-18-13(14(15,16)17)11-7-5-6-8-12(11)19-10-4-2/h5-8,13,18H,3-4,9-10H2,1-2H3. The normalized spacial score (nSPS) is 13.3. The van der Waals surface area contributed by atoms with E-state index in [1.54, 1.807) is 18.2 Å². The smallest absolute Gasteiger partial charge is 0.408 e. The van der Waals surface area contributed by atoms with Crippen LogP contribution in [0.2, 0.25) is 0 Å². The fraction of sp³-hybridized carbons (Fsp3) is 0.571. The van der Waals surface area contributed by atoms with Crippen LogP contribution in [0.5, 0.6) is 5.75 Å². The van der Waals surface area contributed by atoms with Crippen LogP contribution in [-0.2, 0) is 0 Å². The first-order valence-electron chi connectivity index (χ1n) is 6.52. The third-order valence-electron chi connectivity index (χ3n) is 2.62. The Hall–Kier alpha value is -1.23. The van der Waals surface area contributed by atoms with Gasteiger partial charge in [-0.05, 0) is 25.5 Å². The second-order valence-corrected chi connectivity index (χ2v) is 4.32. The van der Waals surface area contributed by atoms with Gasteiger partial charge in [-0.25, -0.2) is 0 Å². The van der Waals surface area contributed by atoms with Gasteiger partial charge in [0.25, 0.3) is 0 Å². The average Bonchev–Trinajstić information content (AvgIpc) is 2.36. The summed E-state index contributed by atoms with van der Waals surface area (Å²) in [7, 11) is 0. The molecule has 1 N–H and O–H groups in total. The molecule has 0 fully saturated rings. The summed E-state index contributed by atoms with van der Waals surface area (Å²) in [4.78, 5) is 0. The summed E-state index contributed by atoms with van der Waals surface area (Å²) >= 11 is 0. The molecular weight excluding hydrogens is 255 g/mol. The molecule has 0 saturated heterocycles. The Morgan fingerprint density at radius 2 is 1.84 bits per heavy atom. The highest BCUT2D eigenvalue weighted by Gasteiger charge is 2.41. The molecular formula is C14H20F3NO. The van der Waals surface area contributed by atoms with Crippen molar-refractivity contribution in [3.8, 4) is 5.75 Å². The third kappa shape index (κ3) is 4.74. The Morgan fingerprint density at radius 1 is 1.16 bits per heavy atom. The molecule has 1 aromatic carbocycles. The molecule has 1 atom stereocenters. The zero-order chi connectivity index (χ0) is 14.3. The largest absolute Gasteiger partial charge is 0.493 e. The van der Waals surface area contributed by atoms with Crippen LogP contribution in [0.15, 0.2) is 24.3 Å². The van der Waals surface area contributed by atoms with Crippen LogP contribution < -0.4 is 10.1 Å². The zero-order valence-electron chi connectivity index (χ0n) is 11.3. The molecule has 19 heavy (non-hydrogen) atoms. The lowest BCUT2D eigenvalue weighted by Crippen LogP contribution is -2.35. The van der Waals surface area contributed by atoms with E-state index >= 15 is 0 Å². The molecule has 1 unspecified atom stereocenters. The van der Waals surface area contributed by atoms with Gasteiger partial charge >= 0.3 is 6.18 Å². The number of halogens is 3. The molecule has 0 saturated carbocycles. The maximum Gasteiger partial charge on any atom is 0.408 e. The summed E-state index contributed by atoms with van der Waals surface area (Å²) in [5.41, 5.74) is 0.150. The highest BCUT2D eigenvalue weighted by molar-refractivity contribution is 5.36. The minimum atomic E-state index is -4.33. The summed E-state index contributed by atoms with van der Waals surface area (Å²) in [6, 6.07) is 4.64. The molecule has 0 amide bonds. The van der Waals surface area contributed by atoms with Crippen LogP contribution >= 0.6 is 0 Å². The molecule has 0 aliphatic rings. The minimum absolute atomic E-state index is 0.150. The predicted octanol–water partition coefficient (Wildman–Crippen LogP) is 4.08. The van der Waals surface area contributed by atoms with Crippen molar-refractivity contribution in [1.82, 2.24) is 5.32 Å². The Labute approximate surface area is 112 Å². The van der Waals surface area contributed by atoms with E-state index in [4.69, 9.17) is 4.74 Å². The lowest BCUT2D eigenvalue weighted by Gasteiger charge is -2.24. The Morgan fingerprint density at radius 3 is 2.42 bits per heavy atom. The maximum atomic E-state index is 13.1. The molecule has 0 radical (unpaired) electrons. The van der Waals surface area contributed by atoms with Gasteiger partial charge in [0.05, 0.1) is 6.61 Å². The molecule has 0 aromatic heterocycles. The highest BCUT2D eigenvalue weighted by atomic mass is 19.4. The lowest BCUT2D eigenvalue weighted by atomic mass is 10.0. The van der Waals surface area contributed by atoms with E-state index in [9.17, 15) is 13.2 Å². The SMILES string of the molecule is CCCNC(c1ccccc1OCCC)C(F)(F)F. The molecule has 1 rings (SSSR count). The van der Waals surface area contributed by atoms with Gasteiger partial charge in [-0.2, -0.15) is 13.2 Å². The summed E-state index contributed by atoms with van der Waals surface area (Å²) in [6.07, 6.45) is -2.93. The number of ether oxygens (including phenoxy) is 1. The van der Waals surface area contributed by atoms with Gasteiger partial charge in [-0.1, -0.05) is 32.0 Å². The fourth-order valence-electron chi connectivity index (χ4n) is 1.75. The zero-order valence-corrected chi connectivity index (χ0v) is 11.3. The van der Waals surface area contributed by atoms with Gasteiger partial charge in [0, 0.05) is 5.56 Å². The van der Waals surface area contributed by atoms with Crippen LogP contribution in [0.4, 0.5) is 13.2 Å². The second-order valence-electron chi connectivity index (χ2n) is 4.32. The van der Waals surface area contributed by atoms with Gasteiger partial charge in [0.1, 0.15) is 11.8 Å². The van der Waals surface area contributed by atoms with Crippen molar-refractivity contribution in [2.45, 2.75) is 38.9 Å². The first kappa shape index (κ1) is 15.8. The van der Waals surface area contributed by atoms with E-state index in [1.807, 2.05) is 13.8 Å². The summed E-state index contributed by atoms with van der Waals surface area (Å²) in [5, 5.41) is 2.54. The number of nitrogens with one attached hydrogen (secondary N) is 1. The molecule has 5 heteroatoms. The van der Waals surface area contributed by atoms with Crippen LogP contribution in [0.3, 0.4) is 0 Å². The molecule has 0 aliphatic heterocycles. The third-order valence-corrected chi connectivity index (χ3v) is 2.62. The Balaban J connectivity index is 3.00. The number of para-hydroxylation sites is 1. The minimum Gasteiger partial charge on any atom is -0.493 e. The van der Waals surface area contributed by atoms with Crippen LogP contribution in [-0.4, -0.2) is 19.3 Å². The van der Waals surface area contributed by atoms with Gasteiger partial charge in [-0.3, -0.25) is 0 Å². The molecule has 0 heterocycles. The van der Waals surface area contributed by atoms with Crippen molar-refractivity contribution in [2.24, 2.45) is 0 Å². The predicted molar refractivity (Wildman–Crippen MR) is 69.3 cm³/mol. The summed E-state index contributed by atoms with van der Waals surface area (Å²) in [5.74, 6) is 0.301. The van der Waals surface area contributed by atoms with E-state index in [1.165, 1.54) is 6.07 Å². The summed E-state index contributed by atoms with van der Waals surface area (Å²) in [6.45, 7) is 4.47. The van der Waals surface area contributed by atoms with Gasteiger partial charge in [0.15, 0.2) is 0 Å². The lowest BCUT2D eigenvalue weighted by molar-refractivity contribution is -0.158. The maximum absolute atomic E-state index is 13.1. The first-order chi connectivity index (χ1) is 9.00.